The zero-order chi connectivity index (χ0) is 20.1. The fourth-order valence-corrected chi connectivity index (χ4v) is 4.32. The van der Waals surface area contributed by atoms with Crippen LogP contribution in [0.4, 0.5) is 8.78 Å². The highest BCUT2D eigenvalue weighted by atomic mass is 19.3. The summed E-state index contributed by atoms with van der Waals surface area (Å²) < 4.78 is 31.7. The van der Waals surface area contributed by atoms with Crippen LogP contribution in [0.3, 0.4) is 0 Å². The molecule has 3 aliphatic rings. The molecule has 3 fully saturated rings. The normalized spacial score (nSPS) is 31.0. The smallest absolute Gasteiger partial charge is 0.247 e. The fraction of sp³-hybridized carbons (Fsp3) is 0.524. The summed E-state index contributed by atoms with van der Waals surface area (Å²) in [5.74, 6) is -0.0192. The molecule has 0 bridgehead atoms. The summed E-state index contributed by atoms with van der Waals surface area (Å²) in [5.41, 5.74) is 1.37. The van der Waals surface area contributed by atoms with E-state index in [9.17, 15) is 18.4 Å². The van der Waals surface area contributed by atoms with Crippen LogP contribution < -0.4 is 5.32 Å². The summed E-state index contributed by atoms with van der Waals surface area (Å²) in [5, 5.41) is 2.77. The topological polar surface area (TPSA) is 58.6 Å². The molecule has 1 aromatic carbocycles. The van der Waals surface area contributed by atoms with E-state index in [0.29, 0.717) is 43.5 Å². The van der Waals surface area contributed by atoms with Gasteiger partial charge in [-0.2, -0.15) is 0 Å². The van der Waals surface area contributed by atoms with Gasteiger partial charge in [-0.1, -0.05) is 18.7 Å². The van der Waals surface area contributed by atoms with Gasteiger partial charge in [0.2, 0.25) is 12.3 Å². The second-order valence-electron chi connectivity index (χ2n) is 8.29. The first-order valence-electron chi connectivity index (χ1n) is 9.48. The van der Waals surface area contributed by atoms with Crippen molar-refractivity contribution in [1.29, 1.82) is 0 Å². The molecule has 28 heavy (non-hydrogen) atoms. The number of likely N-dealkylation sites (N-methyl/N-ethyl adjacent to an activating group) is 1. The fourth-order valence-electron chi connectivity index (χ4n) is 4.32. The third-order valence-electron chi connectivity index (χ3n) is 6.43. The number of nitrogens with one attached hydrogen (secondary N) is 1. The number of halogens is 2. The van der Waals surface area contributed by atoms with Crippen molar-refractivity contribution in [2.75, 3.05) is 7.05 Å². The Labute approximate surface area is 162 Å². The van der Waals surface area contributed by atoms with Crippen LogP contribution in [0.5, 0.6) is 0 Å². The molecular weight excluding hydrogens is 366 g/mol. The Balaban J connectivity index is 1.38. The number of hydrogen-bond donors (Lipinski definition) is 1. The Morgan fingerprint density at radius 3 is 2.79 bits per heavy atom. The number of nitrogens with zero attached hydrogens (tertiary/aromatic N) is 1. The van der Waals surface area contributed by atoms with E-state index in [1.165, 1.54) is 0 Å². The molecular formula is C21H24F2N2O3. The van der Waals surface area contributed by atoms with E-state index < -0.39 is 17.4 Å². The lowest BCUT2D eigenvalue weighted by Gasteiger charge is -2.33. The van der Waals surface area contributed by atoms with Crippen molar-refractivity contribution in [3.8, 4) is 0 Å². The summed E-state index contributed by atoms with van der Waals surface area (Å²) in [7, 11) is 1.93. The summed E-state index contributed by atoms with van der Waals surface area (Å²) in [6.07, 6.45) is 0.492. The highest BCUT2D eigenvalue weighted by Gasteiger charge is 2.89. The minimum absolute atomic E-state index is 0.0192. The summed E-state index contributed by atoms with van der Waals surface area (Å²) in [6, 6.07) is 5.53. The molecule has 5 nitrogen and oxygen atoms in total. The number of amides is 1. The first-order valence-corrected chi connectivity index (χ1v) is 9.48. The zero-order valence-electron chi connectivity index (χ0n) is 15.8. The van der Waals surface area contributed by atoms with Crippen molar-refractivity contribution in [2.24, 2.45) is 5.41 Å². The van der Waals surface area contributed by atoms with Gasteiger partial charge in [0.05, 0.1) is 17.6 Å². The highest BCUT2D eigenvalue weighted by Crippen LogP contribution is 2.83. The quantitative estimate of drug-likeness (QED) is 0.694. The molecule has 1 aliphatic heterocycles. The third-order valence-corrected chi connectivity index (χ3v) is 6.43. The number of aldehydes is 1. The number of hydrogen-bond acceptors (Lipinski definition) is 4. The van der Waals surface area contributed by atoms with Crippen molar-refractivity contribution >= 4 is 12.2 Å². The highest BCUT2D eigenvalue weighted by molar-refractivity contribution is 5.79. The number of carbonyl (C=O) groups is 2. The van der Waals surface area contributed by atoms with Crippen LogP contribution in [-0.2, 0) is 22.7 Å². The Kier molecular flexibility index (Phi) is 4.62. The molecule has 1 N–H and O–H groups in total. The third kappa shape index (κ3) is 3.16. The Hall–Kier alpha value is -2.12. The number of piperidine rings is 1. The second-order valence-corrected chi connectivity index (χ2v) is 8.29. The maximum atomic E-state index is 13.0. The molecule has 150 valence electrons. The SMILES string of the molecule is C=C1NC(=O)CCC1N(C)Cc1ccc(COC23CC2(C(F)F)C3)cc1C=O. The van der Waals surface area contributed by atoms with Crippen molar-refractivity contribution < 1.29 is 23.1 Å². The minimum Gasteiger partial charge on any atom is -0.369 e. The molecule has 4 rings (SSSR count). The summed E-state index contributed by atoms with van der Waals surface area (Å²) >= 11 is 0. The van der Waals surface area contributed by atoms with Gasteiger partial charge in [-0.3, -0.25) is 14.5 Å². The molecule has 1 aromatic rings. The maximum Gasteiger partial charge on any atom is 0.247 e. The van der Waals surface area contributed by atoms with E-state index in [2.05, 4.69) is 16.8 Å². The standard InChI is InChI=1S/C21H24F2N2O3/c1-13-17(5-6-18(27)24-13)25(2)8-15-4-3-14(7-16(15)9-26)10-28-21-11-20(21,12-21)19(22)23/h3-4,7,9,17,19H,1,5-6,8,10-12H2,2H3,(H,24,27). The molecule has 1 unspecified atom stereocenters. The van der Waals surface area contributed by atoms with Gasteiger partial charge in [0, 0.05) is 30.3 Å². The lowest BCUT2D eigenvalue weighted by Crippen LogP contribution is -2.43. The van der Waals surface area contributed by atoms with Gasteiger partial charge >= 0.3 is 0 Å². The molecule has 2 saturated carbocycles. The molecule has 1 amide bonds. The minimum atomic E-state index is -2.32. The molecule has 2 aliphatic carbocycles. The van der Waals surface area contributed by atoms with Gasteiger partial charge in [0.1, 0.15) is 6.29 Å². The van der Waals surface area contributed by atoms with Gasteiger partial charge in [0.15, 0.2) is 0 Å². The van der Waals surface area contributed by atoms with E-state index in [-0.39, 0.29) is 18.6 Å². The maximum absolute atomic E-state index is 13.0. The van der Waals surface area contributed by atoms with E-state index in [1.54, 1.807) is 6.07 Å². The van der Waals surface area contributed by atoms with Crippen molar-refractivity contribution in [3.63, 3.8) is 0 Å². The van der Waals surface area contributed by atoms with Crippen molar-refractivity contribution in [1.82, 2.24) is 10.2 Å². The van der Waals surface area contributed by atoms with Crippen molar-refractivity contribution in [2.45, 2.75) is 56.9 Å². The monoisotopic (exact) mass is 390 g/mol. The zero-order valence-corrected chi connectivity index (χ0v) is 15.8. The molecule has 0 aromatic heterocycles. The number of ether oxygens (including phenoxy) is 1. The van der Waals surface area contributed by atoms with Crippen LogP contribution in [0.2, 0.25) is 0 Å². The van der Waals surface area contributed by atoms with E-state index in [1.807, 2.05) is 19.2 Å². The van der Waals surface area contributed by atoms with Gasteiger partial charge in [0.25, 0.3) is 0 Å². The average Bonchev–Trinajstić information content (AvgIpc) is 3.48. The predicted molar refractivity (Wildman–Crippen MR) is 98.8 cm³/mol. The summed E-state index contributed by atoms with van der Waals surface area (Å²) in [4.78, 5) is 25.1. The molecule has 1 saturated heterocycles. The molecule has 1 atom stereocenters. The van der Waals surface area contributed by atoms with Crippen LogP contribution in [0, 0.1) is 5.41 Å². The molecule has 7 heteroatoms. The largest absolute Gasteiger partial charge is 0.369 e. The van der Waals surface area contributed by atoms with Crippen molar-refractivity contribution in [3.05, 3.63) is 47.2 Å². The first kappa shape index (κ1) is 19.2. The van der Waals surface area contributed by atoms with Gasteiger partial charge < -0.3 is 10.1 Å². The Bertz CT molecular complexity index is 833. The number of benzene rings is 1. The van der Waals surface area contributed by atoms with E-state index in [4.69, 9.17) is 4.74 Å². The van der Waals surface area contributed by atoms with Crippen LogP contribution in [-0.4, -0.2) is 42.2 Å². The second kappa shape index (κ2) is 6.74. The first-order chi connectivity index (χ1) is 13.3. The van der Waals surface area contributed by atoms with E-state index in [0.717, 1.165) is 17.4 Å². The summed E-state index contributed by atoms with van der Waals surface area (Å²) in [6.45, 7) is 4.70. The Morgan fingerprint density at radius 2 is 2.18 bits per heavy atom. The molecule has 0 radical (unpaired) electrons. The van der Waals surface area contributed by atoms with Gasteiger partial charge in [-0.25, -0.2) is 8.78 Å². The molecule has 1 heterocycles. The number of alkyl halides is 2. The average molecular weight is 390 g/mol. The van der Waals surface area contributed by atoms with Crippen LogP contribution in [0.15, 0.2) is 30.5 Å². The predicted octanol–water partition coefficient (Wildman–Crippen LogP) is 3.04. The van der Waals surface area contributed by atoms with E-state index >= 15 is 0 Å². The lowest BCUT2D eigenvalue weighted by atomic mass is 10.00. The van der Waals surface area contributed by atoms with Gasteiger partial charge in [-0.05, 0) is 43.5 Å². The van der Waals surface area contributed by atoms with Crippen LogP contribution in [0.1, 0.15) is 47.2 Å². The van der Waals surface area contributed by atoms with Crippen LogP contribution >= 0.6 is 0 Å². The number of fused-ring (bicyclic) bond motifs is 1. The number of rotatable bonds is 8. The number of carbonyl (C=O) groups excluding carboxylic acids is 2. The molecule has 0 spiro atoms. The van der Waals surface area contributed by atoms with Crippen LogP contribution in [0.25, 0.3) is 0 Å². The lowest BCUT2D eigenvalue weighted by molar-refractivity contribution is -0.121. The Morgan fingerprint density at radius 1 is 1.43 bits per heavy atom. The van der Waals surface area contributed by atoms with Gasteiger partial charge in [-0.15, -0.1) is 0 Å².